The quantitative estimate of drug-likeness (QED) is 0.529. The molecule has 0 bridgehead atoms. The number of nitrogens with one attached hydrogen (secondary N) is 1. The molecule has 3 heterocycles. The van der Waals surface area contributed by atoms with Crippen LogP contribution in [-0.4, -0.2) is 19.5 Å². The lowest BCUT2D eigenvalue weighted by atomic mass is 10.3. The smallest absolute Gasteiger partial charge is 0.160 e. The lowest BCUT2D eigenvalue weighted by molar-refractivity contribution is 0.940. The van der Waals surface area contributed by atoms with Crippen LogP contribution in [0.25, 0.3) is 5.82 Å². The predicted octanol–water partition coefficient (Wildman–Crippen LogP) is 0.808. The van der Waals surface area contributed by atoms with E-state index in [-0.39, 0.29) is 0 Å². The molecule has 0 saturated heterocycles. The zero-order valence-corrected chi connectivity index (χ0v) is 6.70. The van der Waals surface area contributed by atoms with Crippen molar-refractivity contribution in [3.8, 4) is 5.82 Å². The van der Waals surface area contributed by atoms with Gasteiger partial charge in [0.05, 0.1) is 12.1 Å². The van der Waals surface area contributed by atoms with Crippen molar-refractivity contribution in [1.29, 1.82) is 0 Å². The number of aryl methyl sites for hydroxylation is 1. The summed E-state index contributed by atoms with van der Waals surface area (Å²) in [5.41, 5.74) is 1.18. The molecule has 1 aliphatic heterocycles. The minimum atomic E-state index is 0.878. The van der Waals surface area contributed by atoms with Gasteiger partial charge >= 0.3 is 0 Å². The first-order chi connectivity index (χ1) is 5.84. The van der Waals surface area contributed by atoms with Crippen molar-refractivity contribution in [3.05, 3.63) is 29.7 Å². The van der Waals surface area contributed by atoms with Gasteiger partial charge in [-0.3, -0.25) is 4.57 Å². The third kappa shape index (κ3) is 0.574. The number of fused-ring (bicyclic) bond motifs is 3. The number of H-pyrrole nitrogens is 1. The molecule has 0 fully saturated rings. The Morgan fingerprint density at radius 3 is 3.42 bits per heavy atom. The lowest BCUT2D eigenvalue weighted by Gasteiger charge is -1.91. The summed E-state index contributed by atoms with van der Waals surface area (Å²) in [4.78, 5) is 11.8. The first-order valence-corrected chi connectivity index (χ1v) is 3.92. The highest BCUT2D eigenvalue weighted by molar-refractivity contribution is 5.39. The largest absolute Gasteiger partial charge is 0.344 e. The fourth-order valence-electron chi connectivity index (χ4n) is 1.67. The van der Waals surface area contributed by atoms with Gasteiger partial charge in [0, 0.05) is 12.4 Å². The van der Waals surface area contributed by atoms with Crippen molar-refractivity contribution in [2.75, 3.05) is 0 Å². The van der Waals surface area contributed by atoms with Gasteiger partial charge in [0.2, 0.25) is 0 Å². The zero-order chi connectivity index (χ0) is 8.13. The second kappa shape index (κ2) is 1.77. The molecular formula is C8H8N4. The molecule has 2 aromatic rings. The molecule has 0 aromatic carbocycles. The Balaban J connectivity index is 2.32. The highest BCUT2D eigenvalue weighted by Crippen LogP contribution is 2.23. The fourth-order valence-corrected chi connectivity index (χ4v) is 1.67. The van der Waals surface area contributed by atoms with E-state index in [1.165, 1.54) is 5.69 Å². The van der Waals surface area contributed by atoms with E-state index in [1.807, 2.05) is 23.9 Å². The first kappa shape index (κ1) is 5.99. The predicted molar refractivity (Wildman–Crippen MR) is 43.3 cm³/mol. The van der Waals surface area contributed by atoms with E-state index < -0.39 is 0 Å². The van der Waals surface area contributed by atoms with Gasteiger partial charge in [-0.15, -0.1) is 0 Å². The number of nitrogens with zero attached hydrogens (tertiary/aromatic N) is 3. The number of aromatic amines is 1. The number of rotatable bonds is 0. The minimum Gasteiger partial charge on any atom is -0.344 e. The Bertz CT molecular complexity index is 438. The Hall–Kier alpha value is -1.58. The van der Waals surface area contributed by atoms with Crippen molar-refractivity contribution in [1.82, 2.24) is 19.5 Å². The molecule has 2 aromatic heterocycles. The zero-order valence-electron chi connectivity index (χ0n) is 6.70. The van der Waals surface area contributed by atoms with Crippen LogP contribution in [0.15, 0.2) is 12.4 Å². The van der Waals surface area contributed by atoms with Gasteiger partial charge in [-0.05, 0) is 6.92 Å². The highest BCUT2D eigenvalue weighted by atomic mass is 15.2. The molecule has 4 heteroatoms. The maximum absolute atomic E-state index is 4.37. The molecule has 1 aliphatic rings. The van der Waals surface area contributed by atoms with E-state index in [2.05, 4.69) is 15.0 Å². The highest BCUT2D eigenvalue weighted by Gasteiger charge is 2.21. The molecule has 0 aliphatic carbocycles. The van der Waals surface area contributed by atoms with Crippen LogP contribution in [0.3, 0.4) is 0 Å². The van der Waals surface area contributed by atoms with Crippen LogP contribution in [0.1, 0.15) is 17.3 Å². The summed E-state index contributed by atoms with van der Waals surface area (Å²) in [6.45, 7) is 1.97. The molecule has 0 radical (unpaired) electrons. The van der Waals surface area contributed by atoms with E-state index in [4.69, 9.17) is 0 Å². The van der Waals surface area contributed by atoms with E-state index in [9.17, 15) is 0 Å². The average Bonchev–Trinajstić information content (AvgIpc) is 2.59. The maximum atomic E-state index is 4.37. The third-order valence-corrected chi connectivity index (χ3v) is 2.16. The van der Waals surface area contributed by atoms with Crippen LogP contribution >= 0.6 is 0 Å². The summed E-state index contributed by atoms with van der Waals surface area (Å²) < 4.78 is 2.03. The van der Waals surface area contributed by atoms with Gasteiger partial charge in [-0.1, -0.05) is 0 Å². The SMILES string of the molecule is Cc1nc2c([nH]1)Cc1nccn1-2. The van der Waals surface area contributed by atoms with Crippen molar-refractivity contribution >= 4 is 0 Å². The second-order valence-corrected chi connectivity index (χ2v) is 3.01. The molecular weight excluding hydrogens is 152 g/mol. The summed E-state index contributed by atoms with van der Waals surface area (Å²) in [6.07, 6.45) is 4.63. The van der Waals surface area contributed by atoms with Crippen LogP contribution in [0.4, 0.5) is 0 Å². The average molecular weight is 160 g/mol. The van der Waals surface area contributed by atoms with Crippen molar-refractivity contribution in [3.63, 3.8) is 0 Å². The maximum Gasteiger partial charge on any atom is 0.160 e. The Morgan fingerprint density at radius 1 is 1.58 bits per heavy atom. The summed E-state index contributed by atoms with van der Waals surface area (Å²) in [5, 5.41) is 0. The standard InChI is InChI=1S/C8H8N4/c1-5-10-6-4-7-9-2-3-12(7)8(6)11-5/h2-3H,4H2,1H3,(H,10,11). The Labute approximate surface area is 69.3 Å². The van der Waals surface area contributed by atoms with Gasteiger partial charge in [-0.25, -0.2) is 9.97 Å². The summed E-state index contributed by atoms with van der Waals surface area (Å²) >= 11 is 0. The number of aromatic nitrogens is 4. The van der Waals surface area contributed by atoms with Crippen LogP contribution in [-0.2, 0) is 6.42 Å². The van der Waals surface area contributed by atoms with E-state index in [0.717, 1.165) is 23.9 Å². The lowest BCUT2D eigenvalue weighted by Crippen LogP contribution is -1.91. The van der Waals surface area contributed by atoms with Gasteiger partial charge < -0.3 is 4.98 Å². The molecule has 3 rings (SSSR count). The van der Waals surface area contributed by atoms with E-state index in [0.29, 0.717) is 0 Å². The molecule has 12 heavy (non-hydrogen) atoms. The van der Waals surface area contributed by atoms with E-state index >= 15 is 0 Å². The van der Waals surface area contributed by atoms with Crippen LogP contribution in [0.5, 0.6) is 0 Å². The van der Waals surface area contributed by atoms with Gasteiger partial charge in [0.15, 0.2) is 5.82 Å². The number of imidazole rings is 2. The molecule has 1 N–H and O–H groups in total. The minimum absolute atomic E-state index is 0.878. The summed E-state index contributed by atoms with van der Waals surface area (Å²) in [7, 11) is 0. The molecule has 0 atom stereocenters. The molecule has 0 spiro atoms. The molecule has 0 saturated carbocycles. The number of hydrogen-bond acceptors (Lipinski definition) is 2. The number of hydrogen-bond donors (Lipinski definition) is 1. The normalized spacial score (nSPS) is 13.1. The molecule has 60 valence electrons. The van der Waals surface area contributed by atoms with Crippen molar-refractivity contribution < 1.29 is 0 Å². The molecule has 0 unspecified atom stereocenters. The second-order valence-electron chi connectivity index (χ2n) is 3.01. The fraction of sp³-hybridized carbons (Fsp3) is 0.250. The van der Waals surface area contributed by atoms with E-state index in [1.54, 1.807) is 0 Å². The monoisotopic (exact) mass is 160 g/mol. The van der Waals surface area contributed by atoms with Crippen LogP contribution < -0.4 is 0 Å². The van der Waals surface area contributed by atoms with Crippen molar-refractivity contribution in [2.24, 2.45) is 0 Å². The van der Waals surface area contributed by atoms with Gasteiger partial charge in [0.1, 0.15) is 11.6 Å². The Morgan fingerprint density at radius 2 is 2.50 bits per heavy atom. The van der Waals surface area contributed by atoms with Crippen molar-refractivity contribution in [2.45, 2.75) is 13.3 Å². The summed E-state index contributed by atoms with van der Waals surface area (Å²) in [6, 6.07) is 0. The van der Waals surface area contributed by atoms with Crippen LogP contribution in [0.2, 0.25) is 0 Å². The van der Waals surface area contributed by atoms with Gasteiger partial charge in [-0.2, -0.15) is 0 Å². The van der Waals surface area contributed by atoms with Crippen LogP contribution in [0, 0.1) is 6.92 Å². The van der Waals surface area contributed by atoms with Gasteiger partial charge in [0.25, 0.3) is 0 Å². The topological polar surface area (TPSA) is 46.5 Å². The third-order valence-electron chi connectivity index (χ3n) is 2.16. The molecule has 0 amide bonds. The first-order valence-electron chi connectivity index (χ1n) is 3.92. The summed E-state index contributed by atoms with van der Waals surface area (Å²) in [5.74, 6) is 3.06. The Kier molecular flexibility index (Phi) is 0.885. The molecule has 4 nitrogen and oxygen atoms in total.